The Morgan fingerprint density at radius 2 is 1.14 bits per heavy atom. The molecule has 0 spiro atoms. The molecule has 1 N–H and O–H groups in total. The molecular weight excluding hydrogens is 685 g/mol. The number of rotatable bonds is 6. The fourth-order valence-electron chi connectivity index (χ4n) is 8.19. The largest absolute Gasteiger partial charge is 0.453 e. The molecular formula is C51H34N4O. The zero-order valence-electron chi connectivity index (χ0n) is 30.3. The molecule has 0 amide bonds. The minimum Gasteiger partial charge on any atom is -0.453 e. The highest BCUT2D eigenvalue weighted by molar-refractivity contribution is 6.24. The molecule has 5 heteroatoms. The number of furan rings is 1. The van der Waals surface area contributed by atoms with Gasteiger partial charge in [-0.05, 0) is 65.2 Å². The minimum absolute atomic E-state index is 0.0208. The van der Waals surface area contributed by atoms with Gasteiger partial charge in [-0.1, -0.05) is 146 Å². The lowest BCUT2D eigenvalue weighted by Gasteiger charge is -2.24. The van der Waals surface area contributed by atoms with Crippen molar-refractivity contribution in [3.63, 3.8) is 0 Å². The van der Waals surface area contributed by atoms with Crippen LogP contribution in [0.25, 0.3) is 77.6 Å². The van der Waals surface area contributed by atoms with Gasteiger partial charge in [0.2, 0.25) is 0 Å². The first-order chi connectivity index (χ1) is 27.8. The van der Waals surface area contributed by atoms with E-state index in [1.807, 2.05) is 18.2 Å². The topological polar surface area (TPSA) is 55.4 Å². The van der Waals surface area contributed by atoms with Crippen LogP contribution >= 0.6 is 0 Å². The zero-order chi connectivity index (χ0) is 37.0. The zero-order valence-corrected chi connectivity index (χ0v) is 30.3. The van der Waals surface area contributed by atoms with Gasteiger partial charge in [0.1, 0.15) is 16.9 Å². The Labute approximate surface area is 323 Å². The molecule has 1 unspecified atom stereocenters. The lowest BCUT2D eigenvalue weighted by atomic mass is 9.97. The Kier molecular flexibility index (Phi) is 7.49. The van der Waals surface area contributed by atoms with E-state index in [1.54, 1.807) is 0 Å². The van der Waals surface area contributed by atoms with Gasteiger partial charge in [-0.3, -0.25) is 0 Å². The quantitative estimate of drug-likeness (QED) is 0.186. The molecule has 5 nitrogen and oxygen atoms in total. The molecule has 1 atom stereocenters. The predicted molar refractivity (Wildman–Crippen MR) is 230 cm³/mol. The van der Waals surface area contributed by atoms with Crippen molar-refractivity contribution < 1.29 is 4.42 Å². The highest BCUT2D eigenvalue weighted by atomic mass is 16.3. The molecule has 4 heterocycles. The van der Waals surface area contributed by atoms with E-state index in [4.69, 9.17) is 14.4 Å². The Morgan fingerprint density at radius 3 is 1.95 bits per heavy atom. The highest BCUT2D eigenvalue weighted by Gasteiger charge is 2.25. The van der Waals surface area contributed by atoms with Crippen LogP contribution in [0, 0.1) is 0 Å². The summed E-state index contributed by atoms with van der Waals surface area (Å²) in [4.78, 5) is 10.5. The maximum absolute atomic E-state index is 6.94. The van der Waals surface area contributed by atoms with Crippen molar-refractivity contribution in [2.45, 2.75) is 6.04 Å². The number of aliphatic imine (C=N–C) groups is 1. The number of pyridine rings is 1. The maximum Gasteiger partial charge on any atom is 0.161 e. The van der Waals surface area contributed by atoms with Crippen LogP contribution < -0.4 is 5.32 Å². The van der Waals surface area contributed by atoms with Gasteiger partial charge in [-0.2, -0.15) is 0 Å². The number of aromatic nitrogens is 2. The second kappa shape index (κ2) is 13.1. The van der Waals surface area contributed by atoms with Crippen molar-refractivity contribution >= 4 is 55.4 Å². The predicted octanol–water partition coefficient (Wildman–Crippen LogP) is 12.5. The van der Waals surface area contributed by atoms with Crippen molar-refractivity contribution in [2.75, 3.05) is 0 Å². The SMILES string of the molecule is C1=C(c2cccc(-c3cccc(-n4c5ccccc5c5oc6c7ccccc7nc(-c7ccccc7)c6c54)c3)c2)N=C(c2ccccc2)NC1c1ccccc1. The van der Waals surface area contributed by atoms with Crippen LogP contribution in [-0.2, 0) is 0 Å². The Balaban J connectivity index is 1.09. The van der Waals surface area contributed by atoms with Crippen molar-refractivity contribution in [1.29, 1.82) is 0 Å². The van der Waals surface area contributed by atoms with Gasteiger partial charge in [-0.15, -0.1) is 0 Å². The van der Waals surface area contributed by atoms with Crippen molar-refractivity contribution in [3.8, 4) is 28.1 Å². The first-order valence-electron chi connectivity index (χ1n) is 19.0. The van der Waals surface area contributed by atoms with E-state index in [9.17, 15) is 0 Å². The van der Waals surface area contributed by atoms with Crippen molar-refractivity contribution in [3.05, 3.63) is 211 Å². The summed E-state index contributed by atoms with van der Waals surface area (Å²) in [6.07, 6.45) is 2.23. The fourth-order valence-corrected chi connectivity index (χ4v) is 8.19. The van der Waals surface area contributed by atoms with Gasteiger partial charge in [0.15, 0.2) is 5.58 Å². The normalized spacial score (nSPS) is 14.2. The first-order valence-corrected chi connectivity index (χ1v) is 19.0. The van der Waals surface area contributed by atoms with Crippen LogP contribution in [-0.4, -0.2) is 15.4 Å². The summed E-state index contributed by atoms with van der Waals surface area (Å²) >= 11 is 0. The third-order valence-corrected chi connectivity index (χ3v) is 10.8. The van der Waals surface area contributed by atoms with Crippen LogP contribution in [0.4, 0.5) is 0 Å². The lowest BCUT2D eigenvalue weighted by molar-refractivity contribution is 0.676. The molecule has 0 saturated heterocycles. The van der Waals surface area contributed by atoms with Crippen LogP contribution in [0.15, 0.2) is 204 Å². The Hall–Kier alpha value is -7.50. The summed E-state index contributed by atoms with van der Waals surface area (Å²) in [5.41, 5.74) is 14.2. The third-order valence-electron chi connectivity index (χ3n) is 10.8. The van der Waals surface area contributed by atoms with Crippen LogP contribution in [0.2, 0.25) is 0 Å². The Bertz CT molecular complexity index is 3160. The van der Waals surface area contributed by atoms with Gasteiger partial charge in [-0.25, -0.2) is 9.98 Å². The van der Waals surface area contributed by atoms with Gasteiger partial charge in [0.25, 0.3) is 0 Å². The van der Waals surface area contributed by atoms with E-state index in [0.29, 0.717) is 0 Å². The van der Waals surface area contributed by atoms with Crippen LogP contribution in [0.1, 0.15) is 22.7 Å². The number of nitrogens with zero attached hydrogens (tertiary/aromatic N) is 3. The van der Waals surface area contributed by atoms with Crippen molar-refractivity contribution in [1.82, 2.24) is 14.9 Å². The number of hydrogen-bond acceptors (Lipinski definition) is 4. The molecule has 0 aliphatic carbocycles. The standard InChI is InChI=1S/C51H34N4O/c1-4-16-33(17-5-1)43-32-44(54-51(53-43)35-20-8-3-9-21-35)38-24-14-22-36(30-38)37-23-15-25-39(31-37)55-45-29-13-11-27-41(45)50-48(55)46-47(34-18-6-2-7-19-34)52-42-28-12-10-26-40(42)49(46)56-50/h1-32,43H,(H,53,54). The molecule has 1 aliphatic heterocycles. The van der Waals surface area contributed by atoms with E-state index in [0.717, 1.165) is 94.6 Å². The molecule has 264 valence electrons. The molecule has 0 fully saturated rings. The molecule has 11 rings (SSSR count). The van der Waals surface area contributed by atoms with Gasteiger partial charge < -0.3 is 14.3 Å². The third kappa shape index (κ3) is 5.32. The summed E-state index contributed by atoms with van der Waals surface area (Å²) in [7, 11) is 0. The molecule has 3 aromatic heterocycles. The molecule has 1 aliphatic rings. The van der Waals surface area contributed by atoms with Crippen LogP contribution in [0.5, 0.6) is 0 Å². The molecule has 0 bridgehead atoms. The highest BCUT2D eigenvalue weighted by Crippen LogP contribution is 2.44. The number of benzene rings is 7. The molecule has 56 heavy (non-hydrogen) atoms. The van der Waals surface area contributed by atoms with Gasteiger partial charge in [0, 0.05) is 33.2 Å². The summed E-state index contributed by atoms with van der Waals surface area (Å²) in [6.45, 7) is 0. The first kappa shape index (κ1) is 32.0. The fraction of sp³-hybridized carbons (Fsp3) is 0.0196. The second-order valence-corrected chi connectivity index (χ2v) is 14.2. The average Bonchev–Trinajstić information content (AvgIpc) is 3.82. The number of amidine groups is 1. The van der Waals surface area contributed by atoms with E-state index in [1.165, 1.54) is 5.56 Å². The lowest BCUT2D eigenvalue weighted by Crippen LogP contribution is -2.31. The molecule has 0 saturated carbocycles. The summed E-state index contributed by atoms with van der Waals surface area (Å²) < 4.78 is 9.29. The average molecular weight is 719 g/mol. The summed E-state index contributed by atoms with van der Waals surface area (Å²) in [5, 5.41) is 6.74. The van der Waals surface area contributed by atoms with E-state index in [2.05, 4.69) is 186 Å². The summed E-state index contributed by atoms with van der Waals surface area (Å²) in [5.74, 6) is 0.859. The van der Waals surface area contributed by atoms with Crippen LogP contribution in [0.3, 0.4) is 0 Å². The van der Waals surface area contributed by atoms with Crippen molar-refractivity contribution in [2.24, 2.45) is 4.99 Å². The molecule has 7 aromatic carbocycles. The van der Waals surface area contributed by atoms with Gasteiger partial charge in [0.05, 0.1) is 33.9 Å². The Morgan fingerprint density at radius 1 is 0.518 bits per heavy atom. The molecule has 0 radical (unpaired) electrons. The number of para-hydroxylation sites is 2. The van der Waals surface area contributed by atoms with E-state index < -0.39 is 0 Å². The number of fused-ring (bicyclic) bond motifs is 7. The second-order valence-electron chi connectivity index (χ2n) is 14.2. The minimum atomic E-state index is -0.0208. The van der Waals surface area contributed by atoms with Gasteiger partial charge >= 0.3 is 0 Å². The van der Waals surface area contributed by atoms with E-state index >= 15 is 0 Å². The summed E-state index contributed by atoms with van der Waals surface area (Å²) in [6, 6.07) is 65.6. The van der Waals surface area contributed by atoms with E-state index in [-0.39, 0.29) is 6.04 Å². The number of hydrogen-bond donors (Lipinski definition) is 1. The smallest absolute Gasteiger partial charge is 0.161 e. The number of nitrogens with one attached hydrogen (secondary N) is 1. The maximum atomic E-state index is 6.94. The molecule has 10 aromatic rings. The monoisotopic (exact) mass is 718 g/mol.